The first-order chi connectivity index (χ1) is 10.8. The van der Waals surface area contributed by atoms with Crippen molar-refractivity contribution in [2.24, 2.45) is 11.8 Å². The maximum atomic E-state index is 12.1. The fourth-order valence-corrected chi connectivity index (χ4v) is 3.17. The van der Waals surface area contributed by atoms with E-state index in [9.17, 15) is 9.59 Å². The number of piperidine rings is 1. The number of carbonyl (C=O) groups excluding carboxylic acids is 2. The van der Waals surface area contributed by atoms with E-state index in [-0.39, 0.29) is 17.9 Å². The summed E-state index contributed by atoms with van der Waals surface area (Å²) < 4.78 is 5.45. The normalized spacial score (nSPS) is 22.2. The van der Waals surface area contributed by atoms with E-state index in [1.807, 2.05) is 25.7 Å². The first-order valence-corrected chi connectivity index (χ1v) is 8.76. The van der Waals surface area contributed by atoms with E-state index in [0.717, 1.165) is 45.2 Å². The molecule has 1 fully saturated rings. The summed E-state index contributed by atoms with van der Waals surface area (Å²) in [6.45, 7) is 7.86. The summed E-state index contributed by atoms with van der Waals surface area (Å²) in [6.07, 6.45) is 8.69. The molecule has 2 amide bonds. The van der Waals surface area contributed by atoms with Gasteiger partial charge in [0.1, 0.15) is 5.60 Å². The van der Waals surface area contributed by atoms with Gasteiger partial charge in [-0.25, -0.2) is 4.79 Å². The van der Waals surface area contributed by atoms with Crippen molar-refractivity contribution < 1.29 is 14.3 Å². The van der Waals surface area contributed by atoms with Crippen LogP contribution < -0.4 is 5.32 Å². The van der Waals surface area contributed by atoms with Gasteiger partial charge in [-0.1, -0.05) is 12.2 Å². The lowest BCUT2D eigenvalue weighted by Crippen LogP contribution is -2.43. The van der Waals surface area contributed by atoms with Crippen molar-refractivity contribution in [2.75, 3.05) is 19.6 Å². The van der Waals surface area contributed by atoms with E-state index in [2.05, 4.69) is 17.5 Å². The molecule has 0 radical (unpaired) electrons. The largest absolute Gasteiger partial charge is 0.444 e. The van der Waals surface area contributed by atoms with Crippen LogP contribution in [-0.2, 0) is 9.53 Å². The van der Waals surface area contributed by atoms with Crippen LogP contribution in [0.1, 0.15) is 52.9 Å². The fourth-order valence-electron chi connectivity index (χ4n) is 3.17. The van der Waals surface area contributed by atoms with Gasteiger partial charge in [-0.15, -0.1) is 0 Å². The minimum atomic E-state index is -0.451. The second-order valence-electron chi connectivity index (χ2n) is 7.65. The molecule has 0 bridgehead atoms. The smallest absolute Gasteiger partial charge is 0.410 e. The summed E-state index contributed by atoms with van der Waals surface area (Å²) in [5, 5.41) is 3.04. The fraction of sp³-hybridized carbons (Fsp3) is 0.778. The van der Waals surface area contributed by atoms with E-state index in [4.69, 9.17) is 4.74 Å². The lowest BCUT2D eigenvalue weighted by atomic mass is 9.95. The molecule has 1 heterocycles. The molecule has 0 aromatic heterocycles. The maximum absolute atomic E-state index is 12.1. The number of ether oxygens (including phenoxy) is 1. The van der Waals surface area contributed by atoms with E-state index in [0.29, 0.717) is 12.5 Å². The lowest BCUT2D eigenvalue weighted by molar-refractivity contribution is -0.124. The molecule has 5 heteroatoms. The number of rotatable bonds is 4. The van der Waals surface area contributed by atoms with Crippen LogP contribution in [-0.4, -0.2) is 42.1 Å². The number of nitrogens with one attached hydrogen (secondary N) is 1. The van der Waals surface area contributed by atoms with Gasteiger partial charge < -0.3 is 15.0 Å². The van der Waals surface area contributed by atoms with E-state index in [1.54, 1.807) is 0 Å². The first kappa shape index (κ1) is 17.8. The number of nitrogens with zero attached hydrogens (tertiary/aromatic N) is 1. The number of amides is 2. The number of allylic oxidation sites excluding steroid dienone is 2. The van der Waals surface area contributed by atoms with Crippen molar-refractivity contribution in [2.45, 2.75) is 58.5 Å². The average Bonchev–Trinajstić information content (AvgIpc) is 3.00. The highest BCUT2D eigenvalue weighted by Gasteiger charge is 2.27. The Morgan fingerprint density at radius 2 is 1.96 bits per heavy atom. The quantitative estimate of drug-likeness (QED) is 0.809. The Labute approximate surface area is 139 Å². The van der Waals surface area contributed by atoms with Gasteiger partial charge in [0.25, 0.3) is 0 Å². The molecule has 5 nitrogen and oxygen atoms in total. The topological polar surface area (TPSA) is 58.6 Å². The SMILES string of the molecule is CC(C)(C)OC(=O)N1CCCC(CCNC(=O)C2CC=CC2)C1. The molecule has 0 spiro atoms. The van der Waals surface area contributed by atoms with Crippen molar-refractivity contribution in [1.82, 2.24) is 10.2 Å². The molecule has 1 N–H and O–H groups in total. The van der Waals surface area contributed by atoms with Crippen LogP contribution in [0.15, 0.2) is 12.2 Å². The summed E-state index contributed by atoms with van der Waals surface area (Å²) in [5.74, 6) is 0.729. The van der Waals surface area contributed by atoms with Gasteiger partial charge in [-0.05, 0) is 58.8 Å². The summed E-state index contributed by atoms with van der Waals surface area (Å²) in [7, 11) is 0. The summed E-state index contributed by atoms with van der Waals surface area (Å²) in [4.78, 5) is 25.9. The van der Waals surface area contributed by atoms with Crippen molar-refractivity contribution in [1.29, 1.82) is 0 Å². The van der Waals surface area contributed by atoms with Gasteiger partial charge in [0.05, 0.1) is 0 Å². The first-order valence-electron chi connectivity index (χ1n) is 8.76. The average molecular weight is 322 g/mol. The molecule has 2 aliphatic rings. The zero-order chi connectivity index (χ0) is 16.9. The van der Waals surface area contributed by atoms with Gasteiger partial charge in [0, 0.05) is 25.6 Å². The van der Waals surface area contributed by atoms with Crippen LogP contribution in [0.2, 0.25) is 0 Å². The van der Waals surface area contributed by atoms with Crippen LogP contribution in [0.25, 0.3) is 0 Å². The molecule has 23 heavy (non-hydrogen) atoms. The van der Waals surface area contributed by atoms with Crippen LogP contribution in [0, 0.1) is 11.8 Å². The molecule has 1 aliphatic heterocycles. The zero-order valence-electron chi connectivity index (χ0n) is 14.6. The van der Waals surface area contributed by atoms with E-state index >= 15 is 0 Å². The second-order valence-corrected chi connectivity index (χ2v) is 7.65. The Hall–Kier alpha value is -1.52. The molecule has 1 unspecified atom stereocenters. The van der Waals surface area contributed by atoms with Gasteiger partial charge in [0.15, 0.2) is 0 Å². The number of likely N-dealkylation sites (tertiary alicyclic amines) is 1. The number of hydrogen-bond acceptors (Lipinski definition) is 3. The van der Waals surface area contributed by atoms with Crippen molar-refractivity contribution in [3.8, 4) is 0 Å². The Morgan fingerprint density at radius 1 is 1.26 bits per heavy atom. The minimum Gasteiger partial charge on any atom is -0.444 e. The Bertz CT molecular complexity index is 446. The van der Waals surface area contributed by atoms with Gasteiger partial charge in [-0.3, -0.25) is 4.79 Å². The van der Waals surface area contributed by atoms with E-state index in [1.165, 1.54) is 0 Å². The van der Waals surface area contributed by atoms with Crippen LogP contribution in [0.3, 0.4) is 0 Å². The predicted octanol–water partition coefficient (Wildman–Crippen LogP) is 3.11. The van der Waals surface area contributed by atoms with Gasteiger partial charge >= 0.3 is 6.09 Å². The summed E-state index contributed by atoms with van der Waals surface area (Å²) in [5.41, 5.74) is -0.451. The molecule has 2 rings (SSSR count). The van der Waals surface area contributed by atoms with Crippen LogP contribution >= 0.6 is 0 Å². The number of hydrogen-bond donors (Lipinski definition) is 1. The van der Waals surface area contributed by atoms with Crippen molar-refractivity contribution >= 4 is 12.0 Å². The van der Waals surface area contributed by atoms with Crippen LogP contribution in [0.4, 0.5) is 4.79 Å². The Balaban J connectivity index is 1.69. The highest BCUT2D eigenvalue weighted by atomic mass is 16.6. The molecular formula is C18H30N2O3. The molecule has 1 atom stereocenters. The van der Waals surface area contributed by atoms with Crippen molar-refractivity contribution in [3.05, 3.63) is 12.2 Å². The maximum Gasteiger partial charge on any atom is 0.410 e. The molecule has 130 valence electrons. The highest BCUT2D eigenvalue weighted by Crippen LogP contribution is 2.22. The predicted molar refractivity (Wildman–Crippen MR) is 90.0 cm³/mol. The minimum absolute atomic E-state index is 0.125. The zero-order valence-corrected chi connectivity index (χ0v) is 14.6. The molecule has 1 saturated heterocycles. The monoisotopic (exact) mass is 322 g/mol. The molecular weight excluding hydrogens is 292 g/mol. The van der Waals surface area contributed by atoms with Crippen molar-refractivity contribution in [3.63, 3.8) is 0 Å². The molecule has 0 aromatic rings. The Morgan fingerprint density at radius 3 is 2.61 bits per heavy atom. The number of carbonyl (C=O) groups is 2. The third-order valence-electron chi connectivity index (χ3n) is 4.40. The summed E-state index contributed by atoms with van der Waals surface area (Å²) >= 11 is 0. The summed E-state index contributed by atoms with van der Waals surface area (Å²) in [6, 6.07) is 0. The standard InChI is InChI=1S/C18H30N2O3/c1-18(2,3)23-17(22)20-12-6-7-14(13-20)10-11-19-16(21)15-8-4-5-9-15/h4-5,14-15H,6-13H2,1-3H3,(H,19,21). The molecule has 0 saturated carbocycles. The van der Waals surface area contributed by atoms with Gasteiger partial charge in [0.2, 0.25) is 5.91 Å². The van der Waals surface area contributed by atoms with E-state index < -0.39 is 5.60 Å². The lowest BCUT2D eigenvalue weighted by Gasteiger charge is -2.34. The Kier molecular flexibility index (Phi) is 6.08. The molecule has 1 aliphatic carbocycles. The third-order valence-corrected chi connectivity index (χ3v) is 4.40. The van der Waals surface area contributed by atoms with Crippen LogP contribution in [0.5, 0.6) is 0 Å². The highest BCUT2D eigenvalue weighted by molar-refractivity contribution is 5.79. The molecule has 0 aromatic carbocycles. The third kappa shape index (κ3) is 5.88. The van der Waals surface area contributed by atoms with Gasteiger partial charge in [-0.2, -0.15) is 0 Å². The second kappa shape index (κ2) is 7.84.